The number of rotatable bonds is 3. The van der Waals surface area contributed by atoms with Crippen molar-refractivity contribution < 1.29 is 14.7 Å². The lowest BCUT2D eigenvalue weighted by Crippen LogP contribution is -2.46. The smallest absolute Gasteiger partial charge is 0.261 e. The maximum Gasteiger partial charge on any atom is 0.261 e. The summed E-state index contributed by atoms with van der Waals surface area (Å²) in [6, 6.07) is 3.03. The first-order valence-corrected chi connectivity index (χ1v) is 6.24. The van der Waals surface area contributed by atoms with E-state index in [4.69, 9.17) is 5.73 Å². The maximum atomic E-state index is 12.3. The van der Waals surface area contributed by atoms with Crippen LogP contribution in [0.25, 0.3) is 0 Å². The van der Waals surface area contributed by atoms with Crippen LogP contribution in [0.2, 0.25) is 0 Å². The van der Waals surface area contributed by atoms with Crippen LogP contribution in [-0.2, 0) is 0 Å². The van der Waals surface area contributed by atoms with Crippen molar-refractivity contribution in [2.24, 2.45) is 5.73 Å². The lowest BCUT2D eigenvalue weighted by Gasteiger charge is -2.21. The summed E-state index contributed by atoms with van der Waals surface area (Å²) in [5.74, 6) is -0.644. The molecule has 1 aliphatic rings. The van der Waals surface area contributed by atoms with Crippen LogP contribution in [0.4, 0.5) is 0 Å². The molecule has 0 radical (unpaired) electrons. The van der Waals surface area contributed by atoms with Gasteiger partial charge >= 0.3 is 0 Å². The number of fused-ring (bicyclic) bond motifs is 1. The fraction of sp³-hybridized carbons (Fsp3) is 0.429. The molecule has 2 atom stereocenters. The topological polar surface area (TPSA) is 83.6 Å². The average Bonchev–Trinajstić information content (AvgIpc) is 2.59. The Bertz CT molecular complexity index is 511. The molecule has 0 saturated carbocycles. The number of amides is 2. The zero-order valence-electron chi connectivity index (χ0n) is 11.3. The third-order valence-electron chi connectivity index (χ3n) is 3.55. The number of nitrogens with two attached hydrogens (primary N) is 1. The van der Waals surface area contributed by atoms with Crippen LogP contribution in [0.5, 0.6) is 0 Å². The van der Waals surface area contributed by atoms with E-state index in [1.807, 2.05) is 26.0 Å². The Labute approximate surface area is 112 Å². The number of carbonyl (C=O) groups is 2. The van der Waals surface area contributed by atoms with Gasteiger partial charge in [-0.05, 0) is 31.9 Å². The molecule has 1 aliphatic heterocycles. The minimum Gasteiger partial charge on any atom is -0.392 e. The largest absolute Gasteiger partial charge is 0.392 e. The van der Waals surface area contributed by atoms with E-state index in [-0.39, 0.29) is 18.4 Å². The molecule has 0 saturated heterocycles. The highest BCUT2D eigenvalue weighted by molar-refractivity contribution is 6.22. The number of aliphatic hydroxyl groups is 1. The van der Waals surface area contributed by atoms with E-state index in [2.05, 4.69) is 0 Å². The van der Waals surface area contributed by atoms with Crippen LogP contribution >= 0.6 is 0 Å². The second kappa shape index (κ2) is 4.75. The summed E-state index contributed by atoms with van der Waals surface area (Å²) in [6.45, 7) is 5.19. The van der Waals surface area contributed by atoms with Crippen molar-refractivity contribution in [3.05, 3.63) is 34.4 Å². The summed E-state index contributed by atoms with van der Waals surface area (Å²) < 4.78 is 0. The van der Waals surface area contributed by atoms with Crippen molar-refractivity contribution in [1.29, 1.82) is 0 Å². The molecule has 3 N–H and O–H groups in total. The second-order valence-corrected chi connectivity index (χ2v) is 5.07. The van der Waals surface area contributed by atoms with E-state index in [1.165, 1.54) is 0 Å². The number of carbonyl (C=O) groups excluding carboxylic acids is 2. The van der Waals surface area contributed by atoms with Gasteiger partial charge in [0.05, 0.1) is 17.2 Å². The average molecular weight is 262 g/mol. The number of nitrogens with zero attached hydrogens (tertiary/aromatic N) is 1. The highest BCUT2D eigenvalue weighted by atomic mass is 16.3. The third-order valence-corrected chi connectivity index (χ3v) is 3.55. The standard InChI is InChI=1S/C14H18N2O3/c1-7-4-5-8(2)12-11(7)13(18)16(14(12)19)6-10(15)9(3)17/h4-5,9-10,17H,6,15H2,1-3H3. The van der Waals surface area contributed by atoms with Gasteiger partial charge in [0.15, 0.2) is 0 Å². The van der Waals surface area contributed by atoms with E-state index >= 15 is 0 Å². The van der Waals surface area contributed by atoms with Crippen molar-refractivity contribution >= 4 is 11.8 Å². The van der Waals surface area contributed by atoms with Crippen molar-refractivity contribution in [3.63, 3.8) is 0 Å². The van der Waals surface area contributed by atoms with Crippen LogP contribution in [0.15, 0.2) is 12.1 Å². The van der Waals surface area contributed by atoms with Crippen LogP contribution in [0.1, 0.15) is 38.8 Å². The first kappa shape index (κ1) is 13.7. The van der Waals surface area contributed by atoms with Crippen molar-refractivity contribution in [3.8, 4) is 0 Å². The Balaban J connectivity index is 2.40. The molecule has 0 bridgehead atoms. The number of benzene rings is 1. The fourth-order valence-electron chi connectivity index (χ4n) is 2.25. The Hall–Kier alpha value is -1.72. The summed E-state index contributed by atoms with van der Waals surface area (Å²) in [5.41, 5.74) is 8.23. The second-order valence-electron chi connectivity index (χ2n) is 5.07. The molecule has 2 unspecified atom stereocenters. The van der Waals surface area contributed by atoms with Crippen LogP contribution < -0.4 is 5.73 Å². The number of hydrogen-bond donors (Lipinski definition) is 2. The monoisotopic (exact) mass is 262 g/mol. The van der Waals surface area contributed by atoms with Gasteiger partial charge in [0.25, 0.3) is 11.8 Å². The molecule has 5 nitrogen and oxygen atoms in total. The molecule has 0 aromatic heterocycles. The quantitative estimate of drug-likeness (QED) is 0.782. The Kier molecular flexibility index (Phi) is 3.43. The van der Waals surface area contributed by atoms with Gasteiger partial charge in [0, 0.05) is 12.6 Å². The van der Waals surface area contributed by atoms with Gasteiger partial charge in [-0.15, -0.1) is 0 Å². The van der Waals surface area contributed by atoms with E-state index in [0.29, 0.717) is 11.1 Å². The molecule has 1 heterocycles. The lowest BCUT2D eigenvalue weighted by atomic mass is 9.99. The first-order chi connectivity index (χ1) is 8.84. The molecule has 2 amide bonds. The minimum atomic E-state index is -0.772. The SMILES string of the molecule is Cc1ccc(C)c2c1C(=O)N(CC(N)C(C)O)C2=O. The van der Waals surface area contributed by atoms with E-state index < -0.39 is 12.1 Å². The normalized spacial score (nSPS) is 17.6. The van der Waals surface area contributed by atoms with Crippen molar-refractivity contribution in [1.82, 2.24) is 4.90 Å². The van der Waals surface area contributed by atoms with Gasteiger partial charge in [-0.2, -0.15) is 0 Å². The van der Waals surface area contributed by atoms with Gasteiger partial charge in [-0.1, -0.05) is 12.1 Å². The van der Waals surface area contributed by atoms with Gasteiger partial charge in [-0.25, -0.2) is 0 Å². The fourth-order valence-corrected chi connectivity index (χ4v) is 2.25. The predicted octanol–water partition coefficient (Wildman–Crippen LogP) is 0.608. The molecule has 5 heteroatoms. The molecule has 19 heavy (non-hydrogen) atoms. The third kappa shape index (κ3) is 2.15. The molecule has 0 spiro atoms. The summed E-state index contributed by atoms with van der Waals surface area (Å²) >= 11 is 0. The van der Waals surface area contributed by atoms with E-state index in [1.54, 1.807) is 6.92 Å². The molecule has 2 rings (SSSR count). The molecular weight excluding hydrogens is 244 g/mol. The summed E-state index contributed by atoms with van der Waals surface area (Å²) in [5, 5.41) is 9.41. The highest BCUT2D eigenvalue weighted by Crippen LogP contribution is 2.28. The molecule has 0 aliphatic carbocycles. The van der Waals surface area contributed by atoms with Crippen molar-refractivity contribution in [2.75, 3.05) is 6.54 Å². The van der Waals surface area contributed by atoms with Gasteiger partial charge in [-0.3, -0.25) is 14.5 Å². The zero-order valence-corrected chi connectivity index (χ0v) is 11.3. The summed E-state index contributed by atoms with van der Waals surface area (Å²) in [6.07, 6.45) is -0.772. The predicted molar refractivity (Wildman–Crippen MR) is 70.9 cm³/mol. The maximum absolute atomic E-state index is 12.3. The first-order valence-electron chi connectivity index (χ1n) is 6.24. The van der Waals surface area contributed by atoms with Gasteiger partial charge < -0.3 is 10.8 Å². The van der Waals surface area contributed by atoms with Crippen LogP contribution in [0, 0.1) is 13.8 Å². The molecule has 1 aromatic carbocycles. The Morgan fingerprint density at radius 2 is 1.58 bits per heavy atom. The number of hydrogen-bond acceptors (Lipinski definition) is 4. The zero-order chi connectivity index (χ0) is 14.3. The number of aliphatic hydroxyl groups excluding tert-OH is 1. The highest BCUT2D eigenvalue weighted by Gasteiger charge is 2.38. The van der Waals surface area contributed by atoms with Crippen LogP contribution in [0.3, 0.4) is 0 Å². The molecular formula is C14H18N2O3. The van der Waals surface area contributed by atoms with Gasteiger partial charge in [0.1, 0.15) is 0 Å². The Morgan fingerprint density at radius 3 is 1.95 bits per heavy atom. The number of imide groups is 1. The summed E-state index contributed by atoms with van der Waals surface area (Å²) in [4.78, 5) is 25.7. The van der Waals surface area contributed by atoms with Crippen molar-refractivity contribution in [2.45, 2.75) is 32.9 Å². The summed E-state index contributed by atoms with van der Waals surface area (Å²) in [7, 11) is 0. The number of aryl methyl sites for hydroxylation is 2. The van der Waals surface area contributed by atoms with Crippen LogP contribution in [-0.4, -0.2) is 40.5 Å². The van der Waals surface area contributed by atoms with E-state index in [0.717, 1.165) is 16.0 Å². The molecule has 1 aromatic rings. The Morgan fingerprint density at radius 1 is 1.16 bits per heavy atom. The molecule has 0 fully saturated rings. The molecule has 102 valence electrons. The van der Waals surface area contributed by atoms with E-state index in [9.17, 15) is 14.7 Å². The van der Waals surface area contributed by atoms with Gasteiger partial charge in [0.2, 0.25) is 0 Å². The lowest BCUT2D eigenvalue weighted by molar-refractivity contribution is 0.0607. The minimum absolute atomic E-state index is 0.0306.